The van der Waals surface area contributed by atoms with Crippen LogP contribution in [0, 0.1) is 0 Å². The Kier molecular flexibility index (Phi) is 4.63. The number of alkyl carbamates (subject to hydrolysis) is 1. The van der Waals surface area contributed by atoms with E-state index >= 15 is 0 Å². The van der Waals surface area contributed by atoms with Gasteiger partial charge in [-0.2, -0.15) is 0 Å². The van der Waals surface area contributed by atoms with Crippen molar-refractivity contribution in [2.24, 2.45) is 0 Å². The first-order valence-electron chi connectivity index (χ1n) is 7.99. The zero-order valence-electron chi connectivity index (χ0n) is 13.9. The van der Waals surface area contributed by atoms with Gasteiger partial charge in [-0.15, -0.1) is 0 Å². The van der Waals surface area contributed by atoms with Gasteiger partial charge in [-0.05, 0) is 29.2 Å². The van der Waals surface area contributed by atoms with E-state index in [4.69, 9.17) is 9.84 Å². The van der Waals surface area contributed by atoms with Gasteiger partial charge in [-0.25, -0.2) is 18.4 Å². The predicted octanol–water partition coefficient (Wildman–Crippen LogP) is 3.63. The topological polar surface area (TPSA) is 75.6 Å². The molecule has 1 atom stereocenters. The molecular weight excluding hydrogens is 344 g/mol. The SMILES string of the molecule is CC(NC(=O)OCC1c2ccccc2-c2ccccc21)(C(=O)O)C(F)F. The largest absolute Gasteiger partial charge is 0.479 e. The lowest BCUT2D eigenvalue weighted by molar-refractivity contribution is -0.150. The molecule has 7 heteroatoms. The van der Waals surface area contributed by atoms with Gasteiger partial charge < -0.3 is 15.2 Å². The fourth-order valence-corrected chi connectivity index (χ4v) is 3.05. The van der Waals surface area contributed by atoms with Crippen LogP contribution in [0.1, 0.15) is 24.0 Å². The maximum Gasteiger partial charge on any atom is 0.408 e. The molecule has 0 aromatic heterocycles. The number of ether oxygens (including phenoxy) is 1. The molecule has 2 N–H and O–H groups in total. The van der Waals surface area contributed by atoms with Crippen molar-refractivity contribution >= 4 is 12.1 Å². The number of aliphatic carboxylic acids is 1. The van der Waals surface area contributed by atoms with Crippen LogP contribution in [0.2, 0.25) is 0 Å². The highest BCUT2D eigenvalue weighted by Crippen LogP contribution is 2.44. The third-order valence-corrected chi connectivity index (χ3v) is 4.59. The third-order valence-electron chi connectivity index (χ3n) is 4.59. The average Bonchev–Trinajstić information content (AvgIpc) is 2.93. The van der Waals surface area contributed by atoms with E-state index in [0.29, 0.717) is 0 Å². The van der Waals surface area contributed by atoms with Crippen molar-refractivity contribution in [3.63, 3.8) is 0 Å². The van der Waals surface area contributed by atoms with Gasteiger partial charge in [0.2, 0.25) is 0 Å². The van der Waals surface area contributed by atoms with E-state index in [1.165, 1.54) is 0 Å². The van der Waals surface area contributed by atoms with Gasteiger partial charge in [-0.1, -0.05) is 48.5 Å². The average molecular weight is 361 g/mol. The summed E-state index contributed by atoms with van der Waals surface area (Å²) in [5.74, 6) is -2.07. The lowest BCUT2D eigenvalue weighted by Gasteiger charge is -2.25. The van der Waals surface area contributed by atoms with Crippen molar-refractivity contribution in [1.29, 1.82) is 0 Å². The summed E-state index contributed by atoms with van der Waals surface area (Å²) in [5.41, 5.74) is 1.29. The van der Waals surface area contributed by atoms with Crippen LogP contribution in [-0.2, 0) is 9.53 Å². The number of benzene rings is 2. The molecule has 2 aromatic carbocycles. The van der Waals surface area contributed by atoms with E-state index in [1.807, 2.05) is 48.5 Å². The molecular formula is C19H17F2NO4. The second kappa shape index (κ2) is 6.74. The normalized spacial score (nSPS) is 15.1. The number of rotatable bonds is 5. The van der Waals surface area contributed by atoms with Crippen LogP contribution in [0.3, 0.4) is 0 Å². The van der Waals surface area contributed by atoms with Gasteiger partial charge in [0.15, 0.2) is 5.54 Å². The van der Waals surface area contributed by atoms with Crippen LogP contribution in [-0.4, -0.2) is 35.7 Å². The van der Waals surface area contributed by atoms with Crippen LogP contribution >= 0.6 is 0 Å². The molecule has 1 aliphatic rings. The summed E-state index contributed by atoms with van der Waals surface area (Å²) in [6, 6.07) is 15.3. The maximum atomic E-state index is 13.0. The van der Waals surface area contributed by atoms with Crippen LogP contribution < -0.4 is 5.32 Å². The number of carbonyl (C=O) groups excluding carboxylic acids is 1. The van der Waals surface area contributed by atoms with Gasteiger partial charge in [0.05, 0.1) is 0 Å². The number of nitrogens with one attached hydrogen (secondary N) is 1. The molecule has 1 amide bonds. The Morgan fingerprint density at radius 2 is 1.62 bits per heavy atom. The number of halogens is 2. The Labute approximate surface area is 148 Å². The van der Waals surface area contributed by atoms with E-state index < -0.39 is 24.0 Å². The number of carbonyl (C=O) groups is 2. The van der Waals surface area contributed by atoms with Crippen molar-refractivity contribution < 1.29 is 28.2 Å². The third kappa shape index (κ3) is 3.00. The monoisotopic (exact) mass is 361 g/mol. The summed E-state index contributed by atoms with van der Waals surface area (Å²) in [5, 5.41) is 10.7. The Morgan fingerprint density at radius 3 is 2.08 bits per heavy atom. The lowest BCUT2D eigenvalue weighted by Crippen LogP contribution is -2.57. The smallest absolute Gasteiger partial charge is 0.408 e. The molecule has 0 heterocycles. The lowest BCUT2D eigenvalue weighted by atomic mass is 9.98. The highest BCUT2D eigenvalue weighted by molar-refractivity contribution is 5.84. The Hall–Kier alpha value is -2.96. The molecule has 1 aliphatic carbocycles. The first kappa shape index (κ1) is 17.8. The van der Waals surface area contributed by atoms with E-state index in [0.717, 1.165) is 29.2 Å². The van der Waals surface area contributed by atoms with E-state index in [2.05, 4.69) is 0 Å². The van der Waals surface area contributed by atoms with Crippen molar-refractivity contribution in [1.82, 2.24) is 5.32 Å². The summed E-state index contributed by atoms with van der Waals surface area (Å²) in [6.07, 6.45) is -4.47. The molecule has 0 bridgehead atoms. The first-order chi connectivity index (χ1) is 12.3. The van der Waals surface area contributed by atoms with Crippen molar-refractivity contribution in [3.05, 3.63) is 59.7 Å². The number of fused-ring (bicyclic) bond motifs is 3. The number of carboxylic acid groups (broad SMARTS) is 1. The van der Waals surface area contributed by atoms with Crippen molar-refractivity contribution in [2.75, 3.05) is 6.61 Å². The van der Waals surface area contributed by atoms with Gasteiger partial charge in [0.1, 0.15) is 6.61 Å². The van der Waals surface area contributed by atoms with E-state index in [-0.39, 0.29) is 12.5 Å². The fourth-order valence-electron chi connectivity index (χ4n) is 3.05. The van der Waals surface area contributed by atoms with Gasteiger partial charge in [-0.3, -0.25) is 0 Å². The number of carboxylic acids is 1. The second-order valence-corrected chi connectivity index (χ2v) is 6.26. The maximum absolute atomic E-state index is 13.0. The van der Waals surface area contributed by atoms with Crippen LogP contribution in [0.5, 0.6) is 0 Å². The predicted molar refractivity (Wildman–Crippen MR) is 90.2 cm³/mol. The standard InChI is InChI=1S/C19H17F2NO4/c1-19(16(20)21,17(23)24)22-18(25)26-10-15-13-8-4-2-6-11(13)12-7-3-5-9-14(12)15/h2-9,15-16H,10H2,1H3,(H,22,25)(H,23,24). The van der Waals surface area contributed by atoms with Crippen LogP contribution in [0.15, 0.2) is 48.5 Å². The second-order valence-electron chi connectivity index (χ2n) is 6.26. The van der Waals surface area contributed by atoms with Crippen molar-refractivity contribution in [3.8, 4) is 11.1 Å². The minimum absolute atomic E-state index is 0.0845. The fraction of sp³-hybridized carbons (Fsp3) is 0.263. The minimum atomic E-state index is -3.28. The number of hydrogen-bond acceptors (Lipinski definition) is 3. The molecule has 1 unspecified atom stereocenters. The summed E-state index contributed by atoms with van der Waals surface area (Å²) in [6.45, 7) is 0.653. The molecule has 0 radical (unpaired) electrons. The summed E-state index contributed by atoms with van der Waals surface area (Å²) >= 11 is 0. The van der Waals surface area contributed by atoms with Gasteiger partial charge in [0.25, 0.3) is 6.43 Å². The highest BCUT2D eigenvalue weighted by Gasteiger charge is 2.45. The van der Waals surface area contributed by atoms with Crippen LogP contribution in [0.4, 0.5) is 13.6 Å². The van der Waals surface area contributed by atoms with Gasteiger partial charge >= 0.3 is 12.1 Å². The molecule has 0 fully saturated rings. The first-order valence-corrected chi connectivity index (χ1v) is 7.99. The number of amides is 1. The summed E-state index contributed by atoms with van der Waals surface area (Å²) in [4.78, 5) is 23.0. The molecule has 3 rings (SSSR count). The van der Waals surface area contributed by atoms with E-state index in [1.54, 1.807) is 5.32 Å². The Balaban J connectivity index is 1.76. The Bertz CT molecular complexity index is 809. The molecule has 26 heavy (non-hydrogen) atoms. The molecule has 2 aromatic rings. The highest BCUT2D eigenvalue weighted by atomic mass is 19.3. The zero-order chi connectivity index (χ0) is 18.9. The number of alkyl halides is 2. The molecule has 5 nitrogen and oxygen atoms in total. The molecule has 0 spiro atoms. The minimum Gasteiger partial charge on any atom is -0.479 e. The quantitative estimate of drug-likeness (QED) is 0.853. The van der Waals surface area contributed by atoms with Gasteiger partial charge in [0, 0.05) is 5.92 Å². The molecule has 0 saturated heterocycles. The number of hydrogen-bond donors (Lipinski definition) is 2. The van der Waals surface area contributed by atoms with E-state index in [9.17, 15) is 18.4 Å². The summed E-state index contributed by atoms with van der Waals surface area (Å²) in [7, 11) is 0. The zero-order valence-corrected chi connectivity index (χ0v) is 13.9. The van der Waals surface area contributed by atoms with Crippen molar-refractivity contribution in [2.45, 2.75) is 24.8 Å². The molecule has 136 valence electrons. The molecule has 0 aliphatic heterocycles. The molecule has 0 saturated carbocycles. The summed E-state index contributed by atoms with van der Waals surface area (Å²) < 4.78 is 31.0. The van der Waals surface area contributed by atoms with Crippen LogP contribution in [0.25, 0.3) is 11.1 Å². The Morgan fingerprint density at radius 1 is 1.12 bits per heavy atom.